The summed E-state index contributed by atoms with van der Waals surface area (Å²) in [6, 6.07) is 4.15. The number of esters is 2. The third-order valence-electron chi connectivity index (χ3n) is 2.53. The van der Waals surface area contributed by atoms with Crippen molar-refractivity contribution in [1.29, 1.82) is 0 Å². The highest BCUT2D eigenvalue weighted by Gasteiger charge is 2.21. The first-order valence-electron chi connectivity index (χ1n) is 6.65. The Labute approximate surface area is 146 Å². The van der Waals surface area contributed by atoms with Crippen molar-refractivity contribution in [1.82, 2.24) is 0 Å². The molecule has 9 heteroatoms. The number of nitrogens with one attached hydrogen (secondary N) is 1. The van der Waals surface area contributed by atoms with Crippen LogP contribution in [0.5, 0.6) is 0 Å². The van der Waals surface area contributed by atoms with Gasteiger partial charge in [0.05, 0.1) is 23.8 Å². The number of ether oxygens (including phenoxy) is 2. The van der Waals surface area contributed by atoms with Crippen molar-refractivity contribution in [2.45, 2.75) is 13.8 Å². The van der Waals surface area contributed by atoms with Gasteiger partial charge >= 0.3 is 11.9 Å². The highest BCUT2D eigenvalue weighted by Crippen LogP contribution is 2.24. The van der Waals surface area contributed by atoms with Crippen molar-refractivity contribution in [3.8, 4) is 0 Å². The van der Waals surface area contributed by atoms with E-state index in [0.29, 0.717) is 9.26 Å². The van der Waals surface area contributed by atoms with Gasteiger partial charge in [-0.05, 0) is 42.5 Å². The van der Waals surface area contributed by atoms with Gasteiger partial charge in [0.1, 0.15) is 0 Å². The number of non-ortho nitro benzene ring substituents is 1. The molecule has 124 valence electrons. The highest BCUT2D eigenvalue weighted by molar-refractivity contribution is 14.1. The van der Waals surface area contributed by atoms with Crippen LogP contribution in [0.15, 0.2) is 30.0 Å². The number of hydrogen-bond donors (Lipinski definition) is 1. The first kappa shape index (κ1) is 18.9. The zero-order chi connectivity index (χ0) is 17.4. The number of carbonyl (C=O) groups is 2. The molecule has 1 rings (SSSR count). The Bertz CT molecular complexity index is 624. The summed E-state index contributed by atoms with van der Waals surface area (Å²) in [6.45, 7) is 3.47. The third kappa shape index (κ3) is 5.51. The van der Waals surface area contributed by atoms with Crippen molar-refractivity contribution in [3.63, 3.8) is 0 Å². The molecule has 0 atom stereocenters. The lowest BCUT2D eigenvalue weighted by Gasteiger charge is -2.08. The molecular weight excluding hydrogens is 419 g/mol. The molecule has 1 N–H and O–H groups in total. The summed E-state index contributed by atoms with van der Waals surface area (Å²) < 4.78 is 10.2. The number of rotatable bonds is 7. The minimum absolute atomic E-state index is 0.0556. The van der Waals surface area contributed by atoms with Gasteiger partial charge in [0.2, 0.25) is 0 Å². The summed E-state index contributed by atoms with van der Waals surface area (Å²) in [7, 11) is 0. The van der Waals surface area contributed by atoms with E-state index in [1.54, 1.807) is 13.8 Å². The van der Waals surface area contributed by atoms with E-state index in [0.717, 1.165) is 0 Å². The Balaban J connectivity index is 3.02. The normalized spacial score (nSPS) is 9.70. The zero-order valence-corrected chi connectivity index (χ0v) is 14.7. The summed E-state index contributed by atoms with van der Waals surface area (Å²) in [5.74, 6) is -1.62. The SMILES string of the molecule is CCOC(=O)C(=CNc1ccc([N+](=O)[O-])cc1I)C(=O)OCC. The molecule has 0 fully saturated rings. The molecule has 0 bridgehead atoms. The molecule has 0 radical (unpaired) electrons. The van der Waals surface area contributed by atoms with Crippen molar-refractivity contribution in [2.75, 3.05) is 18.5 Å². The lowest BCUT2D eigenvalue weighted by Crippen LogP contribution is -2.19. The molecule has 23 heavy (non-hydrogen) atoms. The van der Waals surface area contributed by atoms with Gasteiger partial charge in [0.15, 0.2) is 5.57 Å². The van der Waals surface area contributed by atoms with E-state index in [2.05, 4.69) is 5.32 Å². The van der Waals surface area contributed by atoms with Gasteiger partial charge in [-0.25, -0.2) is 9.59 Å². The molecule has 0 amide bonds. The first-order chi connectivity index (χ1) is 10.9. The summed E-state index contributed by atoms with van der Waals surface area (Å²) in [5.41, 5.74) is 0.157. The summed E-state index contributed by atoms with van der Waals surface area (Å²) in [6.07, 6.45) is 1.17. The Hall–Kier alpha value is -2.17. The van der Waals surface area contributed by atoms with Gasteiger partial charge in [-0.15, -0.1) is 0 Å². The monoisotopic (exact) mass is 434 g/mol. The minimum Gasteiger partial charge on any atom is -0.462 e. The summed E-state index contributed by atoms with van der Waals surface area (Å²) >= 11 is 1.91. The first-order valence-corrected chi connectivity index (χ1v) is 7.73. The minimum atomic E-state index is -0.810. The molecule has 0 aliphatic heterocycles. The number of hydrogen-bond acceptors (Lipinski definition) is 7. The summed E-state index contributed by atoms with van der Waals surface area (Å²) in [4.78, 5) is 33.8. The fourth-order valence-corrected chi connectivity index (χ4v) is 2.16. The molecule has 0 heterocycles. The Morgan fingerprint density at radius 1 is 1.26 bits per heavy atom. The second-order valence-electron chi connectivity index (χ2n) is 4.06. The molecule has 0 saturated heterocycles. The number of carbonyl (C=O) groups excluding carboxylic acids is 2. The zero-order valence-electron chi connectivity index (χ0n) is 12.5. The quantitative estimate of drug-likeness (QED) is 0.134. The number of nitro groups is 1. The highest BCUT2D eigenvalue weighted by atomic mass is 127. The third-order valence-corrected chi connectivity index (χ3v) is 3.42. The van der Waals surface area contributed by atoms with E-state index in [-0.39, 0.29) is 24.5 Å². The molecule has 0 saturated carbocycles. The van der Waals surface area contributed by atoms with Gasteiger partial charge in [-0.1, -0.05) is 0 Å². The van der Waals surface area contributed by atoms with Crippen LogP contribution in [0.1, 0.15) is 13.8 Å². The van der Waals surface area contributed by atoms with Crippen LogP contribution in [0.25, 0.3) is 0 Å². The van der Waals surface area contributed by atoms with E-state index in [1.165, 1.54) is 24.4 Å². The lowest BCUT2D eigenvalue weighted by molar-refractivity contribution is -0.384. The molecule has 0 aliphatic rings. The molecule has 0 aliphatic carbocycles. The van der Waals surface area contributed by atoms with Gasteiger partial charge in [0, 0.05) is 21.9 Å². The number of benzene rings is 1. The smallest absolute Gasteiger partial charge is 0.347 e. The maximum absolute atomic E-state index is 11.8. The fourth-order valence-electron chi connectivity index (χ4n) is 1.50. The summed E-state index contributed by atoms with van der Waals surface area (Å²) in [5, 5.41) is 13.5. The van der Waals surface area contributed by atoms with Crippen LogP contribution in [-0.4, -0.2) is 30.1 Å². The maximum atomic E-state index is 11.8. The molecule has 1 aromatic rings. The van der Waals surface area contributed by atoms with Crippen molar-refractivity contribution >= 4 is 45.9 Å². The average molecular weight is 434 g/mol. The molecule has 1 aromatic carbocycles. The van der Waals surface area contributed by atoms with Crippen molar-refractivity contribution < 1.29 is 24.0 Å². The molecule has 0 unspecified atom stereocenters. The number of nitrogens with zero attached hydrogens (tertiary/aromatic N) is 1. The van der Waals surface area contributed by atoms with E-state index in [4.69, 9.17) is 9.47 Å². The fraction of sp³-hybridized carbons (Fsp3) is 0.286. The van der Waals surface area contributed by atoms with Crippen LogP contribution in [-0.2, 0) is 19.1 Å². The van der Waals surface area contributed by atoms with Crippen LogP contribution < -0.4 is 5.32 Å². The number of nitro benzene ring substituents is 1. The maximum Gasteiger partial charge on any atom is 0.347 e. The van der Waals surface area contributed by atoms with E-state index >= 15 is 0 Å². The van der Waals surface area contributed by atoms with Crippen LogP contribution in [0.3, 0.4) is 0 Å². The average Bonchev–Trinajstić information content (AvgIpc) is 2.49. The second kappa shape index (κ2) is 9.08. The van der Waals surface area contributed by atoms with Crippen LogP contribution >= 0.6 is 22.6 Å². The molecular formula is C14H15IN2O6. The Kier molecular flexibility index (Phi) is 7.45. The van der Waals surface area contributed by atoms with Crippen molar-refractivity contribution in [2.24, 2.45) is 0 Å². The predicted octanol–water partition coefficient (Wildman–Crippen LogP) is 2.62. The van der Waals surface area contributed by atoms with Crippen LogP contribution in [0.4, 0.5) is 11.4 Å². The molecule has 8 nitrogen and oxygen atoms in total. The Morgan fingerprint density at radius 2 is 1.83 bits per heavy atom. The standard InChI is InChI=1S/C14H15IN2O6/c1-3-22-13(18)10(14(19)23-4-2)8-16-12-6-5-9(17(20)21)7-11(12)15/h5-8,16H,3-4H2,1-2H3. The van der Waals surface area contributed by atoms with Gasteiger partial charge < -0.3 is 14.8 Å². The van der Waals surface area contributed by atoms with Gasteiger partial charge in [0.25, 0.3) is 5.69 Å². The van der Waals surface area contributed by atoms with E-state index in [9.17, 15) is 19.7 Å². The number of halogens is 1. The molecule has 0 aromatic heterocycles. The largest absolute Gasteiger partial charge is 0.462 e. The molecule has 0 spiro atoms. The van der Waals surface area contributed by atoms with E-state index in [1.807, 2.05) is 22.6 Å². The topological polar surface area (TPSA) is 108 Å². The van der Waals surface area contributed by atoms with E-state index < -0.39 is 16.9 Å². The van der Waals surface area contributed by atoms with Crippen LogP contribution in [0, 0.1) is 13.7 Å². The number of anilines is 1. The van der Waals surface area contributed by atoms with Gasteiger partial charge in [-0.3, -0.25) is 10.1 Å². The predicted molar refractivity (Wildman–Crippen MR) is 90.8 cm³/mol. The van der Waals surface area contributed by atoms with Gasteiger partial charge in [-0.2, -0.15) is 0 Å². The van der Waals surface area contributed by atoms with Crippen LogP contribution in [0.2, 0.25) is 0 Å². The lowest BCUT2D eigenvalue weighted by atomic mass is 10.2. The Morgan fingerprint density at radius 3 is 2.26 bits per heavy atom. The van der Waals surface area contributed by atoms with Crippen molar-refractivity contribution in [3.05, 3.63) is 43.7 Å². The second-order valence-corrected chi connectivity index (χ2v) is 5.23.